The molecule has 140 valence electrons. The van der Waals surface area contributed by atoms with E-state index in [1.807, 2.05) is 62.4 Å². The van der Waals surface area contributed by atoms with Crippen LogP contribution in [0.25, 0.3) is 16.9 Å². The first kappa shape index (κ1) is 17.7. The van der Waals surface area contributed by atoms with Crippen molar-refractivity contribution in [2.45, 2.75) is 20.4 Å². The van der Waals surface area contributed by atoms with Crippen molar-refractivity contribution in [1.29, 1.82) is 0 Å². The molecular weight excluding hydrogens is 354 g/mol. The molecule has 4 rings (SSSR count). The largest absolute Gasteiger partial charge is 0.367 e. The van der Waals surface area contributed by atoms with Crippen molar-refractivity contribution in [3.8, 4) is 11.3 Å². The quantitative estimate of drug-likeness (QED) is 0.596. The molecule has 2 heterocycles. The molecule has 0 fully saturated rings. The zero-order valence-corrected chi connectivity index (χ0v) is 15.6. The molecule has 0 aliphatic carbocycles. The van der Waals surface area contributed by atoms with Gasteiger partial charge < -0.3 is 5.32 Å². The lowest BCUT2D eigenvalue weighted by molar-refractivity contribution is -0.117. The number of aryl methyl sites for hydroxylation is 2. The molecule has 0 unspecified atom stereocenters. The molecule has 0 aliphatic heterocycles. The van der Waals surface area contributed by atoms with E-state index in [1.165, 1.54) is 4.52 Å². The average molecular weight is 373 g/mol. The molecule has 0 atom stereocenters. The maximum atomic E-state index is 12.6. The molecule has 28 heavy (non-hydrogen) atoms. The number of hydrogen-bond acceptors (Lipinski definition) is 4. The molecule has 0 radical (unpaired) electrons. The van der Waals surface area contributed by atoms with Crippen LogP contribution in [0.1, 0.15) is 11.1 Å². The summed E-state index contributed by atoms with van der Waals surface area (Å²) in [6.07, 6.45) is 0. The third kappa shape index (κ3) is 3.55. The molecule has 0 saturated carbocycles. The fraction of sp³-hybridized carbons (Fsp3) is 0.143. The smallest absolute Gasteiger partial charge is 0.324 e. The maximum absolute atomic E-state index is 12.6. The van der Waals surface area contributed by atoms with Gasteiger partial charge in [0.1, 0.15) is 6.54 Å². The van der Waals surface area contributed by atoms with Crippen LogP contribution in [0.3, 0.4) is 0 Å². The van der Waals surface area contributed by atoms with Gasteiger partial charge in [-0.15, -0.1) is 5.10 Å². The summed E-state index contributed by atoms with van der Waals surface area (Å²) < 4.78 is 2.33. The highest BCUT2D eigenvalue weighted by atomic mass is 16.2. The van der Waals surface area contributed by atoms with E-state index >= 15 is 0 Å². The van der Waals surface area contributed by atoms with E-state index in [0.717, 1.165) is 21.4 Å². The minimum absolute atomic E-state index is 0.185. The van der Waals surface area contributed by atoms with Crippen molar-refractivity contribution >= 4 is 17.2 Å². The number of amides is 1. The Balaban J connectivity index is 1.60. The number of carbonyl (C=O) groups excluding carboxylic acids is 1. The van der Waals surface area contributed by atoms with Crippen molar-refractivity contribution in [2.24, 2.45) is 0 Å². The Bertz CT molecular complexity index is 1220. The highest BCUT2D eigenvalue weighted by molar-refractivity contribution is 5.90. The lowest BCUT2D eigenvalue weighted by atomic mass is 10.1. The predicted octanol–water partition coefficient (Wildman–Crippen LogP) is 2.81. The monoisotopic (exact) mass is 373 g/mol. The Hall–Kier alpha value is -3.74. The van der Waals surface area contributed by atoms with Gasteiger partial charge in [0, 0.05) is 11.3 Å². The van der Waals surface area contributed by atoms with Crippen LogP contribution in [0.15, 0.2) is 65.5 Å². The first-order chi connectivity index (χ1) is 13.5. The SMILES string of the molecule is Cc1ccc(-c2ccc3nn(CC(=O)Nc4cccc(C)c4)c(=O)n3n2)cc1. The highest BCUT2D eigenvalue weighted by Crippen LogP contribution is 2.17. The van der Waals surface area contributed by atoms with E-state index < -0.39 is 5.69 Å². The second-order valence-corrected chi connectivity index (χ2v) is 6.71. The lowest BCUT2D eigenvalue weighted by Gasteiger charge is -2.05. The first-order valence-corrected chi connectivity index (χ1v) is 8.90. The summed E-state index contributed by atoms with van der Waals surface area (Å²) in [4.78, 5) is 24.9. The number of aromatic nitrogens is 4. The molecule has 2 aromatic heterocycles. The molecule has 7 nitrogen and oxygen atoms in total. The Morgan fingerprint density at radius 1 is 0.964 bits per heavy atom. The minimum atomic E-state index is -0.455. The van der Waals surface area contributed by atoms with Gasteiger partial charge in [-0.05, 0) is 43.7 Å². The molecule has 2 aromatic carbocycles. The number of nitrogens with zero attached hydrogens (tertiary/aromatic N) is 4. The number of rotatable bonds is 4. The van der Waals surface area contributed by atoms with Crippen LogP contribution in [-0.2, 0) is 11.3 Å². The summed E-state index contributed by atoms with van der Waals surface area (Å²) in [6.45, 7) is 3.77. The van der Waals surface area contributed by atoms with Crippen LogP contribution in [0, 0.1) is 13.8 Å². The molecule has 1 N–H and O–H groups in total. The predicted molar refractivity (Wildman–Crippen MR) is 107 cm³/mol. The second kappa shape index (κ2) is 7.11. The maximum Gasteiger partial charge on any atom is 0.367 e. The van der Waals surface area contributed by atoms with E-state index in [0.29, 0.717) is 17.0 Å². The fourth-order valence-corrected chi connectivity index (χ4v) is 2.95. The van der Waals surface area contributed by atoms with Gasteiger partial charge in [-0.2, -0.15) is 9.61 Å². The summed E-state index contributed by atoms with van der Waals surface area (Å²) in [5.74, 6) is -0.324. The van der Waals surface area contributed by atoms with Gasteiger partial charge in [-0.25, -0.2) is 9.48 Å². The van der Waals surface area contributed by atoms with E-state index in [2.05, 4.69) is 15.5 Å². The number of hydrogen-bond donors (Lipinski definition) is 1. The standard InChI is InChI=1S/C21H19N5O2/c1-14-6-8-16(9-7-14)18-10-11-19-24-25(21(28)26(19)23-18)13-20(27)22-17-5-3-4-15(2)12-17/h3-12H,13H2,1-2H3,(H,22,27). The van der Waals surface area contributed by atoms with E-state index in [9.17, 15) is 9.59 Å². The van der Waals surface area contributed by atoms with Crippen molar-refractivity contribution in [3.63, 3.8) is 0 Å². The number of nitrogens with one attached hydrogen (secondary N) is 1. The van der Waals surface area contributed by atoms with E-state index in [-0.39, 0.29) is 12.5 Å². The van der Waals surface area contributed by atoms with Gasteiger partial charge in [0.25, 0.3) is 0 Å². The van der Waals surface area contributed by atoms with Gasteiger partial charge in [-0.3, -0.25) is 4.79 Å². The zero-order valence-electron chi connectivity index (χ0n) is 15.6. The van der Waals surface area contributed by atoms with E-state index in [1.54, 1.807) is 12.1 Å². The van der Waals surface area contributed by atoms with Gasteiger partial charge in [0.15, 0.2) is 5.65 Å². The van der Waals surface area contributed by atoms with Gasteiger partial charge in [-0.1, -0.05) is 42.0 Å². The van der Waals surface area contributed by atoms with Crippen molar-refractivity contribution < 1.29 is 4.79 Å². The summed E-state index contributed by atoms with van der Waals surface area (Å²) in [5.41, 5.74) is 4.38. The van der Waals surface area contributed by atoms with Crippen LogP contribution in [0.5, 0.6) is 0 Å². The Morgan fingerprint density at radius 2 is 1.75 bits per heavy atom. The molecule has 0 saturated heterocycles. The van der Waals surface area contributed by atoms with Gasteiger partial charge in [0.05, 0.1) is 5.69 Å². The summed E-state index contributed by atoms with van der Waals surface area (Å²) in [7, 11) is 0. The third-order valence-corrected chi connectivity index (χ3v) is 4.38. The zero-order chi connectivity index (χ0) is 19.7. The highest BCUT2D eigenvalue weighted by Gasteiger charge is 2.13. The number of carbonyl (C=O) groups is 1. The van der Waals surface area contributed by atoms with Crippen molar-refractivity contribution in [1.82, 2.24) is 19.4 Å². The van der Waals surface area contributed by atoms with Crippen molar-refractivity contribution in [3.05, 3.63) is 82.3 Å². The molecule has 0 bridgehead atoms. The molecule has 4 aromatic rings. The van der Waals surface area contributed by atoms with Gasteiger partial charge in [0.2, 0.25) is 5.91 Å². The van der Waals surface area contributed by atoms with Crippen LogP contribution >= 0.6 is 0 Å². The third-order valence-electron chi connectivity index (χ3n) is 4.38. The molecule has 7 heteroatoms. The second-order valence-electron chi connectivity index (χ2n) is 6.71. The number of benzene rings is 2. The molecule has 0 aliphatic rings. The minimum Gasteiger partial charge on any atom is -0.324 e. The Kier molecular flexibility index (Phi) is 4.49. The van der Waals surface area contributed by atoms with E-state index in [4.69, 9.17) is 0 Å². The lowest BCUT2D eigenvalue weighted by Crippen LogP contribution is -2.28. The van der Waals surface area contributed by atoms with Gasteiger partial charge >= 0.3 is 5.69 Å². The Morgan fingerprint density at radius 3 is 2.50 bits per heavy atom. The summed E-state index contributed by atoms with van der Waals surface area (Å²) in [6, 6.07) is 18.9. The topological polar surface area (TPSA) is 81.3 Å². The fourth-order valence-electron chi connectivity index (χ4n) is 2.95. The van der Waals surface area contributed by atoms with Crippen LogP contribution in [0.2, 0.25) is 0 Å². The Labute approximate surface area is 161 Å². The number of fused-ring (bicyclic) bond motifs is 1. The average Bonchev–Trinajstić information content (AvgIpc) is 2.97. The first-order valence-electron chi connectivity index (χ1n) is 8.90. The molecule has 1 amide bonds. The van der Waals surface area contributed by atoms with Crippen LogP contribution < -0.4 is 11.0 Å². The number of anilines is 1. The normalized spacial score (nSPS) is 10.9. The molecular formula is C21H19N5O2. The summed E-state index contributed by atoms with van der Waals surface area (Å²) in [5, 5.41) is 11.4. The van der Waals surface area contributed by atoms with Crippen molar-refractivity contribution in [2.75, 3.05) is 5.32 Å². The van der Waals surface area contributed by atoms with Crippen LogP contribution in [0.4, 0.5) is 5.69 Å². The summed E-state index contributed by atoms with van der Waals surface area (Å²) >= 11 is 0. The molecule has 0 spiro atoms. The van der Waals surface area contributed by atoms with Crippen LogP contribution in [-0.4, -0.2) is 25.3 Å².